The van der Waals surface area contributed by atoms with E-state index in [0.717, 1.165) is 29.7 Å². The first kappa shape index (κ1) is 24.0. The van der Waals surface area contributed by atoms with E-state index in [1.165, 1.54) is 19.1 Å². The summed E-state index contributed by atoms with van der Waals surface area (Å²) in [5.41, 5.74) is 3.91. The monoisotopic (exact) mass is 452 g/mol. The van der Waals surface area contributed by atoms with Crippen LogP contribution in [0.25, 0.3) is 0 Å². The van der Waals surface area contributed by atoms with Gasteiger partial charge in [0.25, 0.3) is 5.91 Å². The number of nitrogens with one attached hydrogen (secondary N) is 1. The predicted octanol–water partition coefficient (Wildman–Crippen LogP) is 3.46. The summed E-state index contributed by atoms with van der Waals surface area (Å²) in [6.07, 6.45) is 1.58. The van der Waals surface area contributed by atoms with Crippen molar-refractivity contribution in [2.45, 2.75) is 26.7 Å². The van der Waals surface area contributed by atoms with Gasteiger partial charge in [0.15, 0.2) is 0 Å². The summed E-state index contributed by atoms with van der Waals surface area (Å²) >= 11 is 0. The van der Waals surface area contributed by atoms with Crippen LogP contribution in [0.5, 0.6) is 0 Å². The molecule has 1 aliphatic heterocycles. The largest absolute Gasteiger partial charge is 0.466 e. The van der Waals surface area contributed by atoms with Crippen molar-refractivity contribution in [3.05, 3.63) is 70.4 Å². The van der Waals surface area contributed by atoms with E-state index in [-0.39, 0.29) is 30.5 Å². The van der Waals surface area contributed by atoms with Crippen molar-refractivity contribution in [3.63, 3.8) is 0 Å². The first-order valence-corrected chi connectivity index (χ1v) is 10.7. The van der Waals surface area contributed by atoms with Crippen molar-refractivity contribution in [1.29, 1.82) is 0 Å². The smallest absolute Gasteiger partial charge is 0.355 e. The first-order valence-electron chi connectivity index (χ1n) is 10.7. The molecule has 1 aliphatic rings. The minimum Gasteiger partial charge on any atom is -0.466 e. The molecular weight excluding hydrogens is 424 g/mol. The number of para-hydroxylation sites is 1. The molecule has 0 aliphatic carbocycles. The van der Waals surface area contributed by atoms with Crippen molar-refractivity contribution in [3.8, 4) is 0 Å². The fourth-order valence-corrected chi connectivity index (χ4v) is 3.75. The standard InChI is InChI=1S/C25H28N2O6/c1-5-16-9-7-10-17(6-2)21(16)26-23(28)18-11-8-12-19(13-18)27-15-33-14-20(24(29)31-3)22(27)25(30)32-4/h7-13H,5-6,14-15H2,1-4H3,(H,26,28). The van der Waals surface area contributed by atoms with Gasteiger partial charge in [-0.2, -0.15) is 0 Å². The zero-order valence-corrected chi connectivity index (χ0v) is 19.3. The van der Waals surface area contributed by atoms with Gasteiger partial charge in [0.05, 0.1) is 26.4 Å². The Labute approximate surface area is 193 Å². The van der Waals surface area contributed by atoms with Crippen molar-refractivity contribution in [2.75, 3.05) is 37.8 Å². The highest BCUT2D eigenvalue weighted by molar-refractivity contribution is 6.06. The van der Waals surface area contributed by atoms with Gasteiger partial charge in [0, 0.05) is 16.9 Å². The number of benzene rings is 2. The van der Waals surface area contributed by atoms with Crippen molar-refractivity contribution < 1.29 is 28.6 Å². The highest BCUT2D eigenvalue weighted by Gasteiger charge is 2.32. The number of carbonyl (C=O) groups excluding carboxylic acids is 3. The molecular formula is C25H28N2O6. The third kappa shape index (κ3) is 5.06. The number of carbonyl (C=O) groups is 3. The first-order chi connectivity index (χ1) is 15.9. The molecule has 0 atom stereocenters. The molecule has 8 heteroatoms. The van der Waals surface area contributed by atoms with Crippen LogP contribution in [0.1, 0.15) is 35.3 Å². The molecule has 1 amide bonds. The van der Waals surface area contributed by atoms with Crippen LogP contribution in [0.4, 0.5) is 11.4 Å². The minimum absolute atomic E-state index is 0.00858. The molecule has 3 rings (SSSR count). The zero-order chi connectivity index (χ0) is 24.0. The molecule has 33 heavy (non-hydrogen) atoms. The summed E-state index contributed by atoms with van der Waals surface area (Å²) in [4.78, 5) is 39.4. The number of esters is 2. The fourth-order valence-electron chi connectivity index (χ4n) is 3.75. The van der Waals surface area contributed by atoms with Gasteiger partial charge in [-0.25, -0.2) is 9.59 Å². The van der Waals surface area contributed by atoms with Gasteiger partial charge in [-0.1, -0.05) is 38.1 Å². The van der Waals surface area contributed by atoms with E-state index >= 15 is 0 Å². The molecule has 0 radical (unpaired) electrons. The average molecular weight is 453 g/mol. The number of hydrogen-bond acceptors (Lipinski definition) is 7. The van der Waals surface area contributed by atoms with Crippen LogP contribution in [0, 0.1) is 0 Å². The maximum atomic E-state index is 13.1. The van der Waals surface area contributed by atoms with Crippen molar-refractivity contribution >= 4 is 29.2 Å². The molecule has 0 fully saturated rings. The van der Waals surface area contributed by atoms with Gasteiger partial charge in [-0.15, -0.1) is 0 Å². The fraction of sp³-hybridized carbons (Fsp3) is 0.320. The lowest BCUT2D eigenvalue weighted by molar-refractivity contribution is -0.140. The van der Waals surface area contributed by atoms with Gasteiger partial charge in [0.2, 0.25) is 0 Å². The number of hydrogen-bond donors (Lipinski definition) is 1. The Hall–Kier alpha value is -3.65. The number of methoxy groups -OCH3 is 2. The normalized spacial score (nSPS) is 13.5. The Morgan fingerprint density at radius 1 is 0.970 bits per heavy atom. The number of anilines is 2. The summed E-state index contributed by atoms with van der Waals surface area (Å²) < 4.78 is 15.2. The minimum atomic E-state index is -0.696. The van der Waals surface area contributed by atoms with E-state index in [1.54, 1.807) is 24.3 Å². The molecule has 0 saturated heterocycles. The Kier molecular flexibility index (Phi) is 7.84. The third-order valence-electron chi connectivity index (χ3n) is 5.49. The second-order valence-corrected chi connectivity index (χ2v) is 7.38. The molecule has 0 spiro atoms. The molecule has 1 N–H and O–H groups in total. The maximum absolute atomic E-state index is 13.1. The van der Waals surface area contributed by atoms with E-state index in [2.05, 4.69) is 5.32 Å². The predicted molar refractivity (Wildman–Crippen MR) is 124 cm³/mol. The Balaban J connectivity index is 1.97. The van der Waals surface area contributed by atoms with E-state index in [4.69, 9.17) is 14.2 Å². The lowest BCUT2D eigenvalue weighted by atomic mass is 10.0. The van der Waals surface area contributed by atoms with Gasteiger partial charge >= 0.3 is 11.9 Å². The lowest BCUT2D eigenvalue weighted by Crippen LogP contribution is -2.38. The highest BCUT2D eigenvalue weighted by Crippen LogP contribution is 2.28. The van der Waals surface area contributed by atoms with Crippen LogP contribution in [0.3, 0.4) is 0 Å². The zero-order valence-electron chi connectivity index (χ0n) is 19.3. The van der Waals surface area contributed by atoms with Crippen molar-refractivity contribution in [1.82, 2.24) is 0 Å². The average Bonchev–Trinajstić information content (AvgIpc) is 2.87. The Bertz CT molecular complexity index is 1070. The van der Waals surface area contributed by atoms with E-state index in [1.807, 2.05) is 32.0 Å². The second-order valence-electron chi connectivity index (χ2n) is 7.38. The van der Waals surface area contributed by atoms with Gasteiger partial charge < -0.3 is 24.4 Å². The molecule has 174 valence electrons. The molecule has 2 aromatic rings. The van der Waals surface area contributed by atoms with Gasteiger partial charge in [-0.05, 0) is 42.2 Å². The van der Waals surface area contributed by atoms with Crippen molar-refractivity contribution in [2.24, 2.45) is 0 Å². The second kappa shape index (κ2) is 10.8. The molecule has 0 unspecified atom stereocenters. The molecule has 0 aromatic heterocycles. The Morgan fingerprint density at radius 3 is 2.21 bits per heavy atom. The molecule has 1 heterocycles. The van der Waals surface area contributed by atoms with E-state index < -0.39 is 11.9 Å². The summed E-state index contributed by atoms with van der Waals surface area (Å²) in [5.74, 6) is -1.66. The van der Waals surface area contributed by atoms with Crippen LogP contribution in [0.15, 0.2) is 53.7 Å². The molecule has 2 aromatic carbocycles. The van der Waals surface area contributed by atoms with Crippen LogP contribution >= 0.6 is 0 Å². The number of ether oxygens (including phenoxy) is 3. The number of rotatable bonds is 7. The van der Waals surface area contributed by atoms with E-state index in [0.29, 0.717) is 11.3 Å². The summed E-state index contributed by atoms with van der Waals surface area (Å²) in [6, 6.07) is 12.7. The summed E-state index contributed by atoms with van der Waals surface area (Å²) in [6.45, 7) is 4.01. The third-order valence-corrected chi connectivity index (χ3v) is 5.49. The van der Waals surface area contributed by atoms with Crippen LogP contribution in [-0.2, 0) is 36.6 Å². The molecule has 8 nitrogen and oxygen atoms in total. The number of nitrogens with zero attached hydrogens (tertiary/aromatic N) is 1. The van der Waals surface area contributed by atoms with E-state index in [9.17, 15) is 14.4 Å². The molecule has 0 bridgehead atoms. The topological polar surface area (TPSA) is 94.2 Å². The maximum Gasteiger partial charge on any atom is 0.355 e. The Morgan fingerprint density at radius 2 is 1.61 bits per heavy atom. The number of amides is 1. The van der Waals surface area contributed by atoms with Gasteiger partial charge in [-0.3, -0.25) is 4.79 Å². The number of aryl methyl sites for hydroxylation is 2. The molecule has 0 saturated carbocycles. The van der Waals surface area contributed by atoms with Crippen LogP contribution < -0.4 is 10.2 Å². The summed E-state index contributed by atoms with van der Waals surface area (Å²) in [7, 11) is 2.46. The van der Waals surface area contributed by atoms with Crippen LogP contribution in [-0.4, -0.2) is 45.4 Å². The van der Waals surface area contributed by atoms with Gasteiger partial charge in [0.1, 0.15) is 12.4 Å². The highest BCUT2D eigenvalue weighted by atomic mass is 16.5. The van der Waals surface area contributed by atoms with Crippen LogP contribution in [0.2, 0.25) is 0 Å². The summed E-state index contributed by atoms with van der Waals surface area (Å²) in [5, 5.41) is 3.04. The quantitative estimate of drug-likeness (QED) is 0.643. The lowest BCUT2D eigenvalue weighted by Gasteiger charge is -2.31. The SMILES string of the molecule is CCc1cccc(CC)c1NC(=O)c1cccc(N2COCC(C(=O)OC)=C2C(=O)OC)c1.